The maximum absolute atomic E-state index is 13.9. The van der Waals surface area contributed by atoms with E-state index in [9.17, 15) is 18.0 Å². The Morgan fingerprint density at radius 1 is 1.12 bits per heavy atom. The predicted octanol–water partition coefficient (Wildman–Crippen LogP) is 4.89. The molecular formula is C30H31ClN4O6S. The number of aryl methyl sites for hydroxylation is 1. The Morgan fingerprint density at radius 2 is 1.90 bits per heavy atom. The molecule has 2 aromatic carbocycles. The standard InChI is InChI=1S/C30H31ClN4O6S/c1-20-13-22(31)16-25(14-20)42(38,39)35(18-29(37)41-30(2,3)4)23-5-7-26-21(15-23)9-10-34(26)27-8-6-24(17-32-27)33-11-12-40-19-28(33)36/h5-10,13-17H,11-12,18-19H2,1-4H3. The van der Waals surface area contributed by atoms with Gasteiger partial charge >= 0.3 is 5.97 Å². The van der Waals surface area contributed by atoms with Crippen molar-refractivity contribution < 1.29 is 27.5 Å². The van der Waals surface area contributed by atoms with E-state index in [0.29, 0.717) is 30.2 Å². The lowest BCUT2D eigenvalue weighted by Crippen LogP contribution is -2.41. The first-order valence-electron chi connectivity index (χ1n) is 13.3. The molecule has 2 aromatic heterocycles. The number of benzene rings is 2. The molecule has 0 radical (unpaired) electrons. The van der Waals surface area contributed by atoms with Crippen molar-refractivity contribution in [3.05, 3.63) is 77.6 Å². The van der Waals surface area contributed by atoms with Crippen LogP contribution in [0.5, 0.6) is 0 Å². The first-order valence-corrected chi connectivity index (χ1v) is 15.1. The molecule has 4 aromatic rings. The Kier molecular flexibility index (Phi) is 8.02. The summed E-state index contributed by atoms with van der Waals surface area (Å²) < 4.78 is 41.3. The molecule has 12 heteroatoms. The molecule has 0 unspecified atom stereocenters. The number of hydrogen-bond donors (Lipinski definition) is 0. The third-order valence-corrected chi connectivity index (χ3v) is 8.50. The van der Waals surface area contributed by atoms with Crippen molar-refractivity contribution in [3.8, 4) is 5.82 Å². The number of sulfonamides is 1. The predicted molar refractivity (Wildman–Crippen MR) is 161 cm³/mol. The Hall–Kier alpha value is -3.93. The van der Waals surface area contributed by atoms with Gasteiger partial charge < -0.3 is 18.9 Å². The van der Waals surface area contributed by atoms with E-state index in [1.165, 1.54) is 12.1 Å². The topological polar surface area (TPSA) is 111 Å². The number of amides is 1. The number of nitrogens with zero attached hydrogens (tertiary/aromatic N) is 4. The zero-order valence-electron chi connectivity index (χ0n) is 23.7. The van der Waals surface area contributed by atoms with Crippen LogP contribution < -0.4 is 9.21 Å². The molecule has 220 valence electrons. The van der Waals surface area contributed by atoms with Gasteiger partial charge in [-0.3, -0.25) is 13.9 Å². The summed E-state index contributed by atoms with van der Waals surface area (Å²) in [5.41, 5.74) is 1.62. The smallest absolute Gasteiger partial charge is 0.327 e. The number of anilines is 2. The van der Waals surface area contributed by atoms with E-state index >= 15 is 0 Å². The lowest BCUT2D eigenvalue weighted by Gasteiger charge is -2.27. The lowest BCUT2D eigenvalue weighted by atomic mass is 10.2. The van der Waals surface area contributed by atoms with Gasteiger partial charge in [-0.15, -0.1) is 0 Å². The van der Waals surface area contributed by atoms with Gasteiger partial charge in [0.1, 0.15) is 24.6 Å². The summed E-state index contributed by atoms with van der Waals surface area (Å²) in [5.74, 6) is -0.186. The van der Waals surface area contributed by atoms with Crippen LogP contribution in [0.3, 0.4) is 0 Å². The average Bonchev–Trinajstić information content (AvgIpc) is 3.34. The van der Waals surface area contributed by atoms with Gasteiger partial charge in [0, 0.05) is 23.2 Å². The van der Waals surface area contributed by atoms with Gasteiger partial charge in [-0.05, 0) is 87.9 Å². The van der Waals surface area contributed by atoms with Gasteiger partial charge in [-0.2, -0.15) is 0 Å². The van der Waals surface area contributed by atoms with Crippen LogP contribution in [0, 0.1) is 6.92 Å². The number of esters is 1. The number of hydrogen-bond acceptors (Lipinski definition) is 7. The Balaban J connectivity index is 1.50. The molecule has 1 fully saturated rings. The van der Waals surface area contributed by atoms with Crippen LogP contribution in [-0.4, -0.2) is 61.7 Å². The van der Waals surface area contributed by atoms with E-state index in [0.717, 1.165) is 15.2 Å². The summed E-state index contributed by atoms with van der Waals surface area (Å²) >= 11 is 6.19. The largest absolute Gasteiger partial charge is 0.459 e. The molecule has 3 heterocycles. The summed E-state index contributed by atoms with van der Waals surface area (Å²) in [6.45, 7) is 7.36. The van der Waals surface area contributed by atoms with Crippen molar-refractivity contribution in [2.24, 2.45) is 0 Å². The highest BCUT2D eigenvalue weighted by Gasteiger charge is 2.30. The van der Waals surface area contributed by atoms with E-state index < -0.39 is 28.1 Å². The van der Waals surface area contributed by atoms with E-state index in [4.69, 9.17) is 21.1 Å². The van der Waals surface area contributed by atoms with Crippen LogP contribution in [0.25, 0.3) is 16.7 Å². The number of ether oxygens (including phenoxy) is 2. The molecule has 1 aliphatic heterocycles. The van der Waals surface area contributed by atoms with E-state index in [-0.39, 0.29) is 28.1 Å². The van der Waals surface area contributed by atoms with Gasteiger partial charge in [0.15, 0.2) is 0 Å². The zero-order valence-corrected chi connectivity index (χ0v) is 25.3. The second-order valence-corrected chi connectivity index (χ2v) is 13.3. The van der Waals surface area contributed by atoms with Crippen molar-refractivity contribution >= 4 is 55.8 Å². The number of aromatic nitrogens is 2. The lowest BCUT2D eigenvalue weighted by molar-refractivity contribution is -0.152. The molecule has 1 aliphatic rings. The maximum Gasteiger partial charge on any atom is 0.327 e. The van der Waals surface area contributed by atoms with Crippen molar-refractivity contribution in [2.75, 3.05) is 35.5 Å². The van der Waals surface area contributed by atoms with Crippen LogP contribution in [0.2, 0.25) is 5.02 Å². The highest BCUT2D eigenvalue weighted by Crippen LogP contribution is 2.31. The summed E-state index contributed by atoms with van der Waals surface area (Å²) in [4.78, 5) is 31.2. The fourth-order valence-corrected chi connectivity index (χ4v) is 6.63. The highest BCUT2D eigenvalue weighted by atomic mass is 35.5. The summed E-state index contributed by atoms with van der Waals surface area (Å²) in [6.07, 6.45) is 3.46. The minimum atomic E-state index is -4.20. The average molecular weight is 611 g/mol. The van der Waals surface area contributed by atoms with Crippen molar-refractivity contribution in [2.45, 2.75) is 38.2 Å². The van der Waals surface area contributed by atoms with E-state index in [2.05, 4.69) is 4.98 Å². The number of fused-ring (bicyclic) bond motifs is 1. The van der Waals surface area contributed by atoms with Gasteiger partial charge in [0.05, 0.1) is 34.6 Å². The van der Waals surface area contributed by atoms with Crippen LogP contribution in [0.1, 0.15) is 26.3 Å². The maximum atomic E-state index is 13.9. The number of halogens is 1. The number of carbonyl (C=O) groups excluding carboxylic acids is 2. The molecule has 0 aliphatic carbocycles. The zero-order chi connectivity index (χ0) is 30.2. The molecule has 1 saturated heterocycles. The monoisotopic (exact) mass is 610 g/mol. The molecule has 5 rings (SSSR count). The Bertz CT molecular complexity index is 1740. The quantitative estimate of drug-likeness (QED) is 0.274. The van der Waals surface area contributed by atoms with Gasteiger partial charge in [0.2, 0.25) is 0 Å². The van der Waals surface area contributed by atoms with Crippen molar-refractivity contribution in [3.63, 3.8) is 0 Å². The van der Waals surface area contributed by atoms with Crippen LogP contribution in [0.15, 0.2) is 71.9 Å². The molecule has 0 atom stereocenters. The Labute approximate surface area is 249 Å². The molecular weight excluding hydrogens is 580 g/mol. The molecule has 42 heavy (non-hydrogen) atoms. The first kappa shape index (κ1) is 29.6. The second-order valence-electron chi connectivity index (χ2n) is 11.0. The van der Waals surface area contributed by atoms with Crippen LogP contribution >= 0.6 is 11.6 Å². The van der Waals surface area contributed by atoms with E-state index in [1.54, 1.807) is 63.1 Å². The number of morpholine rings is 1. The second kappa shape index (κ2) is 11.4. The molecule has 0 N–H and O–H groups in total. The SMILES string of the molecule is Cc1cc(Cl)cc(S(=O)(=O)N(CC(=O)OC(C)(C)C)c2ccc3c(ccn3-c3ccc(N4CCOCC4=O)cn3)c2)c1. The van der Waals surface area contributed by atoms with E-state index in [1.807, 2.05) is 29.0 Å². The van der Waals surface area contributed by atoms with Crippen molar-refractivity contribution in [1.29, 1.82) is 0 Å². The number of pyridine rings is 1. The summed E-state index contributed by atoms with van der Waals surface area (Å²) in [7, 11) is -4.20. The van der Waals surface area contributed by atoms with Gasteiger partial charge in [0.25, 0.3) is 15.9 Å². The molecule has 1 amide bonds. The van der Waals surface area contributed by atoms with Crippen LogP contribution in [0.4, 0.5) is 11.4 Å². The Morgan fingerprint density at radius 3 is 2.57 bits per heavy atom. The molecule has 0 spiro atoms. The third kappa shape index (κ3) is 6.28. The normalized spacial score (nSPS) is 14.3. The fraction of sp³-hybridized carbons (Fsp3) is 0.300. The number of carbonyl (C=O) groups is 2. The number of rotatable bonds is 7. The minimum Gasteiger partial charge on any atom is -0.459 e. The third-order valence-electron chi connectivity index (χ3n) is 6.53. The van der Waals surface area contributed by atoms with Gasteiger partial charge in [-0.25, -0.2) is 13.4 Å². The van der Waals surface area contributed by atoms with Crippen molar-refractivity contribution in [1.82, 2.24) is 9.55 Å². The van der Waals surface area contributed by atoms with Gasteiger partial charge in [-0.1, -0.05) is 11.6 Å². The fourth-order valence-electron chi connectivity index (χ4n) is 4.74. The molecule has 10 nitrogen and oxygen atoms in total. The van der Waals surface area contributed by atoms with Crippen LogP contribution in [-0.2, 0) is 29.1 Å². The minimum absolute atomic E-state index is 0.0308. The highest BCUT2D eigenvalue weighted by molar-refractivity contribution is 7.92. The molecule has 0 saturated carbocycles. The summed E-state index contributed by atoms with van der Waals surface area (Å²) in [5, 5.41) is 1.00. The summed E-state index contributed by atoms with van der Waals surface area (Å²) in [6, 6.07) is 15.1. The first-order chi connectivity index (χ1) is 19.8. The molecule has 0 bridgehead atoms.